The molecule has 0 saturated heterocycles. The second-order valence-corrected chi connectivity index (χ2v) is 12.1. The molecule has 0 amide bonds. The number of benzene rings is 3. The lowest BCUT2D eigenvalue weighted by molar-refractivity contribution is -0.138. The molecule has 13 heteroatoms. The van der Waals surface area contributed by atoms with Crippen molar-refractivity contribution in [2.75, 3.05) is 19.4 Å². The topological polar surface area (TPSA) is 80.6 Å². The Morgan fingerprint density at radius 3 is 2.43 bits per heavy atom. The number of rotatable bonds is 11. The van der Waals surface area contributed by atoms with Gasteiger partial charge in [0.2, 0.25) is 0 Å². The number of alkyl halides is 3. The Morgan fingerprint density at radius 2 is 1.74 bits per heavy atom. The molecule has 0 spiro atoms. The van der Waals surface area contributed by atoms with Crippen molar-refractivity contribution in [1.29, 1.82) is 0 Å². The highest BCUT2D eigenvalue weighted by Crippen LogP contribution is 2.45. The third-order valence-corrected chi connectivity index (χ3v) is 9.47. The summed E-state index contributed by atoms with van der Waals surface area (Å²) in [6.45, 7) is 1.61. The largest absolute Gasteiger partial charge is 0.494 e. The van der Waals surface area contributed by atoms with Gasteiger partial charge in [-0.3, -0.25) is 14.2 Å². The van der Waals surface area contributed by atoms with E-state index >= 15 is 13.2 Å². The van der Waals surface area contributed by atoms with Crippen molar-refractivity contribution >= 4 is 17.7 Å². The molecule has 1 aliphatic rings. The van der Waals surface area contributed by atoms with Crippen molar-refractivity contribution in [3.63, 3.8) is 0 Å². The zero-order chi connectivity index (χ0) is 34.0. The van der Waals surface area contributed by atoms with E-state index in [1.165, 1.54) is 55.0 Å². The van der Waals surface area contributed by atoms with E-state index in [0.29, 0.717) is 0 Å². The van der Waals surface area contributed by atoms with Crippen LogP contribution in [0, 0.1) is 24.4 Å². The first kappa shape index (κ1) is 34.1. The molecule has 3 aromatic carbocycles. The summed E-state index contributed by atoms with van der Waals surface area (Å²) in [7, 11) is 1.24. The summed E-state index contributed by atoms with van der Waals surface area (Å²) in [6.07, 6.45) is -5.43. The number of halogens is 6. The predicted molar refractivity (Wildman–Crippen MR) is 165 cm³/mol. The minimum atomic E-state index is -4.88. The molecule has 0 fully saturated rings. The van der Waals surface area contributed by atoms with Crippen LogP contribution in [0.1, 0.15) is 52.7 Å². The molecule has 1 aliphatic heterocycles. The summed E-state index contributed by atoms with van der Waals surface area (Å²) in [4.78, 5) is 25.6. The Bertz CT molecular complexity index is 1880. The van der Waals surface area contributed by atoms with Crippen LogP contribution in [-0.4, -0.2) is 35.1 Å². The summed E-state index contributed by atoms with van der Waals surface area (Å²) < 4.78 is 94.9. The van der Waals surface area contributed by atoms with E-state index in [9.17, 15) is 22.8 Å². The number of thioether (sulfide) groups is 1. The third-order valence-electron chi connectivity index (χ3n) is 8.25. The molecule has 1 aromatic heterocycles. The van der Waals surface area contributed by atoms with Crippen molar-refractivity contribution in [2.45, 2.75) is 49.5 Å². The molecule has 0 radical (unpaired) electrons. The van der Waals surface area contributed by atoms with Gasteiger partial charge in [-0.05, 0) is 55.3 Å². The number of ether oxygens (including phenoxy) is 1. The van der Waals surface area contributed by atoms with Gasteiger partial charge in [0.05, 0.1) is 35.3 Å². The van der Waals surface area contributed by atoms with Gasteiger partial charge < -0.3 is 15.2 Å². The van der Waals surface area contributed by atoms with Crippen LogP contribution in [0.3, 0.4) is 0 Å². The number of aliphatic carboxylic acids is 1. The molecule has 0 saturated carbocycles. The Hall–Kier alpha value is -4.23. The number of carboxylic acid groups (broad SMARTS) is 1. The molecule has 2 unspecified atom stereocenters. The second kappa shape index (κ2) is 13.9. The van der Waals surface area contributed by atoms with Crippen LogP contribution >= 0.6 is 11.8 Å². The number of carbonyl (C=O) groups is 1. The monoisotopic (exact) mass is 676 g/mol. The number of fused-ring (bicyclic) bond motifs is 1. The fourth-order valence-electron chi connectivity index (χ4n) is 6.02. The fraction of sp³-hybridized carbons (Fsp3) is 0.294. The molecule has 248 valence electrons. The third kappa shape index (κ3) is 6.77. The maximum Gasteiger partial charge on any atom is 0.416 e. The first-order valence-corrected chi connectivity index (χ1v) is 15.6. The van der Waals surface area contributed by atoms with Gasteiger partial charge in [-0.15, -0.1) is 11.8 Å². The van der Waals surface area contributed by atoms with Gasteiger partial charge in [-0.25, -0.2) is 13.2 Å². The lowest BCUT2D eigenvalue weighted by Gasteiger charge is -2.28. The highest BCUT2D eigenvalue weighted by atomic mass is 32.2. The summed E-state index contributed by atoms with van der Waals surface area (Å²) in [5, 5.41) is 12.5. The van der Waals surface area contributed by atoms with Gasteiger partial charge >= 0.3 is 12.1 Å². The van der Waals surface area contributed by atoms with Crippen molar-refractivity contribution < 1.29 is 41.0 Å². The number of aromatic nitrogens is 1. The fourth-order valence-corrected chi connectivity index (χ4v) is 7.44. The molecular formula is C34H30F6N2O4S. The van der Waals surface area contributed by atoms with E-state index in [4.69, 9.17) is 9.84 Å². The van der Waals surface area contributed by atoms with Gasteiger partial charge in [0.15, 0.2) is 11.6 Å². The molecule has 2 atom stereocenters. The molecular weight excluding hydrogens is 646 g/mol. The Balaban J connectivity index is 1.76. The first-order valence-electron chi connectivity index (χ1n) is 14.6. The number of nitrogens with zero attached hydrogens (tertiary/aromatic N) is 1. The van der Waals surface area contributed by atoms with E-state index in [2.05, 4.69) is 5.32 Å². The number of nitrogens with one attached hydrogen (secondary N) is 1. The Morgan fingerprint density at radius 1 is 1.04 bits per heavy atom. The summed E-state index contributed by atoms with van der Waals surface area (Å²) in [5.41, 5.74) is -2.29. The van der Waals surface area contributed by atoms with E-state index < -0.39 is 64.8 Å². The maximum atomic E-state index is 15.8. The van der Waals surface area contributed by atoms with E-state index in [1.54, 1.807) is 6.07 Å². The van der Waals surface area contributed by atoms with E-state index in [1.807, 2.05) is 0 Å². The molecule has 0 aliphatic carbocycles. The van der Waals surface area contributed by atoms with Crippen molar-refractivity contribution in [3.8, 4) is 16.9 Å². The summed E-state index contributed by atoms with van der Waals surface area (Å²) >= 11 is 1.14. The zero-order valence-electron chi connectivity index (χ0n) is 25.3. The van der Waals surface area contributed by atoms with Gasteiger partial charge in [0.25, 0.3) is 5.56 Å². The maximum absolute atomic E-state index is 15.8. The van der Waals surface area contributed by atoms with Gasteiger partial charge in [-0.2, -0.15) is 13.2 Å². The lowest BCUT2D eigenvalue weighted by atomic mass is 9.91. The molecule has 6 nitrogen and oxygen atoms in total. The van der Waals surface area contributed by atoms with Crippen LogP contribution in [0.2, 0.25) is 0 Å². The average molecular weight is 677 g/mol. The average Bonchev–Trinajstić information content (AvgIpc) is 3.46. The lowest BCUT2D eigenvalue weighted by Crippen LogP contribution is -2.37. The number of methoxy groups -OCH3 is 1. The molecule has 5 rings (SSSR count). The SMILES string of the molecule is COc1cccc(-c2c(C)c(Cc3c(F)cccc3C(F)(F)F)c3n(c2=O)C(C(NCCCC(=O)O)c2ccccc2F)CS3)c1F. The number of carboxylic acids is 1. The quantitative estimate of drug-likeness (QED) is 0.125. The Labute approximate surface area is 270 Å². The van der Waals surface area contributed by atoms with Crippen molar-refractivity contribution in [3.05, 3.63) is 116 Å². The molecule has 0 bridgehead atoms. The second-order valence-electron chi connectivity index (χ2n) is 11.1. The van der Waals surface area contributed by atoms with Crippen LogP contribution in [0.25, 0.3) is 11.1 Å². The van der Waals surface area contributed by atoms with Crippen LogP contribution in [0.4, 0.5) is 26.3 Å². The van der Waals surface area contributed by atoms with Crippen LogP contribution < -0.4 is 15.6 Å². The smallest absolute Gasteiger partial charge is 0.416 e. The van der Waals surface area contributed by atoms with Crippen LogP contribution in [-0.2, 0) is 17.4 Å². The highest BCUT2D eigenvalue weighted by Gasteiger charge is 2.39. The molecule has 4 aromatic rings. The summed E-state index contributed by atoms with van der Waals surface area (Å²) in [6, 6.07) is 10.9. The molecule has 2 heterocycles. The molecule has 2 N–H and O–H groups in total. The van der Waals surface area contributed by atoms with E-state index in [0.717, 1.165) is 30.0 Å². The highest BCUT2D eigenvalue weighted by molar-refractivity contribution is 7.99. The standard InChI is InChI=1S/C34H30F6N2O4S/c1-18-21(16-22-23(34(38,39)40)10-6-12-25(22)36)33-42(32(45)29(18)20-9-5-13-27(46-2)30(20)37)26(17-47-33)31(41-15-7-14-28(43)44)19-8-3-4-11-24(19)35/h3-6,8-13,26,31,41H,7,14-17H2,1-2H3,(H,43,44). The summed E-state index contributed by atoms with van der Waals surface area (Å²) in [5.74, 6) is -3.60. The number of pyridine rings is 1. The van der Waals surface area contributed by atoms with Crippen molar-refractivity contribution in [1.82, 2.24) is 9.88 Å². The first-order chi connectivity index (χ1) is 22.3. The van der Waals surface area contributed by atoms with Crippen LogP contribution in [0.5, 0.6) is 5.75 Å². The van der Waals surface area contributed by atoms with Gasteiger partial charge in [-0.1, -0.05) is 36.4 Å². The number of hydrogen-bond donors (Lipinski definition) is 2. The minimum absolute atomic E-state index is 0.136. The van der Waals surface area contributed by atoms with E-state index in [-0.39, 0.29) is 63.7 Å². The molecule has 47 heavy (non-hydrogen) atoms. The van der Waals surface area contributed by atoms with Gasteiger partial charge in [0.1, 0.15) is 11.6 Å². The van der Waals surface area contributed by atoms with Gasteiger partial charge in [0, 0.05) is 35.3 Å². The minimum Gasteiger partial charge on any atom is -0.494 e. The predicted octanol–water partition coefficient (Wildman–Crippen LogP) is 7.70. The van der Waals surface area contributed by atoms with Crippen LogP contribution in [0.15, 0.2) is 70.5 Å². The zero-order valence-corrected chi connectivity index (χ0v) is 26.1. The normalized spacial score (nSPS) is 15.0. The van der Waals surface area contributed by atoms with Crippen molar-refractivity contribution in [2.24, 2.45) is 0 Å². The number of hydrogen-bond acceptors (Lipinski definition) is 5. The Kier molecular flexibility index (Phi) is 10.1.